The van der Waals surface area contributed by atoms with Gasteiger partial charge in [0, 0.05) is 37.7 Å². The van der Waals surface area contributed by atoms with E-state index in [0.29, 0.717) is 24.6 Å². The number of pyridine rings is 1. The number of hydrogen-bond acceptors (Lipinski definition) is 5. The van der Waals surface area contributed by atoms with Crippen molar-refractivity contribution in [3.8, 4) is 5.75 Å². The molecule has 0 aliphatic carbocycles. The van der Waals surface area contributed by atoms with E-state index >= 15 is 0 Å². The van der Waals surface area contributed by atoms with E-state index in [-0.39, 0.29) is 4.90 Å². The van der Waals surface area contributed by atoms with Crippen molar-refractivity contribution in [2.24, 2.45) is 0 Å². The number of ether oxygens (including phenoxy) is 1. The normalized spacial score (nSPS) is 11.1. The largest absolute Gasteiger partial charge is 0.492 e. The maximum Gasteiger partial charge on any atom is 0.264 e. The van der Waals surface area contributed by atoms with Crippen LogP contribution >= 0.6 is 0 Å². The second kappa shape index (κ2) is 8.91. The Labute approximate surface area is 170 Å². The minimum atomic E-state index is -3.81. The van der Waals surface area contributed by atoms with E-state index in [2.05, 4.69) is 10.3 Å². The van der Waals surface area contributed by atoms with Gasteiger partial charge in [-0.15, -0.1) is 0 Å². The molecular formula is C21H22FN3O3S. The molecule has 152 valence electrons. The predicted octanol–water partition coefficient (Wildman–Crippen LogP) is 3.85. The highest BCUT2D eigenvalue weighted by molar-refractivity contribution is 7.92. The molecule has 29 heavy (non-hydrogen) atoms. The van der Waals surface area contributed by atoms with Crippen LogP contribution in [0, 0.1) is 12.7 Å². The van der Waals surface area contributed by atoms with Gasteiger partial charge in [-0.1, -0.05) is 0 Å². The molecule has 0 radical (unpaired) electrons. The van der Waals surface area contributed by atoms with E-state index in [4.69, 9.17) is 4.74 Å². The average molecular weight is 415 g/mol. The van der Waals surface area contributed by atoms with Gasteiger partial charge in [0.05, 0.1) is 10.6 Å². The van der Waals surface area contributed by atoms with Gasteiger partial charge in [0.15, 0.2) is 0 Å². The Hall–Kier alpha value is -3.13. The molecule has 1 aromatic heterocycles. The number of sulfonamides is 1. The number of halogens is 1. The number of anilines is 2. The van der Waals surface area contributed by atoms with Crippen LogP contribution in [0.4, 0.5) is 15.8 Å². The summed E-state index contributed by atoms with van der Waals surface area (Å²) in [5.41, 5.74) is 2.27. The molecule has 1 N–H and O–H groups in total. The first-order valence-corrected chi connectivity index (χ1v) is 10.4. The van der Waals surface area contributed by atoms with Gasteiger partial charge in [-0.2, -0.15) is 0 Å². The smallest absolute Gasteiger partial charge is 0.264 e. The molecule has 0 spiro atoms. The molecular weight excluding hydrogens is 393 g/mol. The van der Waals surface area contributed by atoms with Crippen LogP contribution in [0.3, 0.4) is 0 Å². The van der Waals surface area contributed by atoms with Crippen molar-refractivity contribution < 1.29 is 17.5 Å². The zero-order valence-electron chi connectivity index (χ0n) is 16.2. The zero-order chi connectivity index (χ0) is 20.9. The average Bonchev–Trinajstić information content (AvgIpc) is 2.71. The molecule has 3 aromatic rings. The molecule has 0 aliphatic heterocycles. The Balaban J connectivity index is 1.70. The fourth-order valence-corrected chi connectivity index (χ4v) is 3.91. The monoisotopic (exact) mass is 415 g/mol. The van der Waals surface area contributed by atoms with Gasteiger partial charge in [0.2, 0.25) is 0 Å². The molecule has 0 atom stereocenters. The minimum absolute atomic E-state index is 0.0203. The van der Waals surface area contributed by atoms with Crippen molar-refractivity contribution in [1.82, 2.24) is 4.98 Å². The summed E-state index contributed by atoms with van der Waals surface area (Å²) in [4.78, 5) is 3.98. The Bertz CT molecular complexity index is 1060. The molecule has 3 rings (SSSR count). The number of benzene rings is 2. The van der Waals surface area contributed by atoms with Gasteiger partial charge in [-0.05, 0) is 61.0 Å². The standard InChI is InChI=1S/C21H22FN3O3S/c1-16-13-19(25(2)29(26,27)21-5-3-17(22)4-6-21)15-20(14-16)28-12-11-24-18-7-9-23-10-8-18/h3-10,13-15H,11-12H2,1-2H3,(H,23,24). The fraction of sp³-hybridized carbons (Fsp3) is 0.190. The summed E-state index contributed by atoms with van der Waals surface area (Å²) in [6.07, 6.45) is 3.40. The molecule has 0 fully saturated rings. The van der Waals surface area contributed by atoms with Crippen molar-refractivity contribution in [3.05, 3.63) is 78.4 Å². The van der Waals surface area contributed by atoms with Crippen LogP contribution in [0.2, 0.25) is 0 Å². The Morgan fingerprint density at radius 2 is 1.76 bits per heavy atom. The molecule has 0 saturated heterocycles. The molecule has 0 amide bonds. The Morgan fingerprint density at radius 1 is 1.07 bits per heavy atom. The summed E-state index contributed by atoms with van der Waals surface area (Å²) in [5, 5.41) is 3.22. The van der Waals surface area contributed by atoms with Crippen molar-refractivity contribution in [1.29, 1.82) is 0 Å². The molecule has 1 heterocycles. The lowest BCUT2D eigenvalue weighted by Crippen LogP contribution is -2.26. The van der Waals surface area contributed by atoms with Crippen LogP contribution in [-0.2, 0) is 10.0 Å². The van der Waals surface area contributed by atoms with Gasteiger partial charge < -0.3 is 10.1 Å². The maximum atomic E-state index is 13.1. The highest BCUT2D eigenvalue weighted by atomic mass is 32.2. The van der Waals surface area contributed by atoms with Gasteiger partial charge in [0.25, 0.3) is 10.0 Å². The maximum absolute atomic E-state index is 13.1. The summed E-state index contributed by atoms with van der Waals surface area (Å²) in [7, 11) is -2.35. The van der Waals surface area contributed by atoms with Crippen LogP contribution in [-0.4, -0.2) is 33.6 Å². The molecule has 0 bridgehead atoms. The molecule has 0 unspecified atom stereocenters. The molecule has 6 nitrogen and oxygen atoms in total. The zero-order valence-corrected chi connectivity index (χ0v) is 17.0. The quantitative estimate of drug-likeness (QED) is 0.566. The van der Waals surface area contributed by atoms with Gasteiger partial charge >= 0.3 is 0 Å². The van der Waals surface area contributed by atoms with E-state index in [1.54, 1.807) is 24.5 Å². The fourth-order valence-electron chi connectivity index (χ4n) is 2.73. The second-order valence-electron chi connectivity index (χ2n) is 6.44. The van der Waals surface area contributed by atoms with Crippen molar-refractivity contribution in [3.63, 3.8) is 0 Å². The SMILES string of the molecule is Cc1cc(OCCNc2ccncc2)cc(N(C)S(=O)(=O)c2ccc(F)cc2)c1. The van der Waals surface area contributed by atoms with Crippen molar-refractivity contribution in [2.45, 2.75) is 11.8 Å². The van der Waals surface area contributed by atoms with E-state index in [1.807, 2.05) is 25.1 Å². The summed E-state index contributed by atoms with van der Waals surface area (Å²) < 4.78 is 45.7. The van der Waals surface area contributed by atoms with Crippen molar-refractivity contribution in [2.75, 3.05) is 29.8 Å². The van der Waals surface area contributed by atoms with E-state index in [0.717, 1.165) is 27.7 Å². The van der Waals surface area contributed by atoms with Crippen LogP contribution < -0.4 is 14.4 Å². The van der Waals surface area contributed by atoms with Crippen molar-refractivity contribution >= 4 is 21.4 Å². The predicted molar refractivity (Wildman–Crippen MR) is 111 cm³/mol. The first-order chi connectivity index (χ1) is 13.9. The van der Waals surface area contributed by atoms with Gasteiger partial charge in [0.1, 0.15) is 18.2 Å². The lowest BCUT2D eigenvalue weighted by Gasteiger charge is -2.21. The first-order valence-electron chi connectivity index (χ1n) is 8.99. The Morgan fingerprint density at radius 3 is 2.45 bits per heavy atom. The van der Waals surface area contributed by atoms with Crippen LogP contribution in [0.5, 0.6) is 5.75 Å². The van der Waals surface area contributed by atoms with Crippen LogP contribution in [0.15, 0.2) is 71.9 Å². The number of nitrogens with zero attached hydrogens (tertiary/aromatic N) is 2. The van der Waals surface area contributed by atoms with E-state index in [9.17, 15) is 12.8 Å². The number of nitrogens with one attached hydrogen (secondary N) is 1. The summed E-state index contributed by atoms with van der Waals surface area (Å²) in [5.74, 6) is 0.0795. The number of hydrogen-bond donors (Lipinski definition) is 1. The third-order valence-electron chi connectivity index (χ3n) is 4.25. The number of aromatic nitrogens is 1. The van der Waals surface area contributed by atoms with Gasteiger partial charge in [-0.25, -0.2) is 12.8 Å². The molecule has 0 aliphatic rings. The highest BCUT2D eigenvalue weighted by Crippen LogP contribution is 2.27. The highest BCUT2D eigenvalue weighted by Gasteiger charge is 2.22. The lowest BCUT2D eigenvalue weighted by molar-refractivity contribution is 0.333. The first kappa shape index (κ1) is 20.6. The van der Waals surface area contributed by atoms with Gasteiger partial charge in [-0.3, -0.25) is 9.29 Å². The molecule has 8 heteroatoms. The Kier molecular flexibility index (Phi) is 6.33. The third-order valence-corrected chi connectivity index (χ3v) is 6.05. The lowest BCUT2D eigenvalue weighted by atomic mass is 10.2. The second-order valence-corrected chi connectivity index (χ2v) is 8.41. The minimum Gasteiger partial charge on any atom is -0.492 e. The number of rotatable bonds is 8. The van der Waals surface area contributed by atoms with E-state index in [1.165, 1.54) is 19.2 Å². The summed E-state index contributed by atoms with van der Waals surface area (Å²) in [6, 6.07) is 13.7. The third kappa shape index (κ3) is 5.23. The molecule has 0 saturated carbocycles. The summed E-state index contributed by atoms with van der Waals surface area (Å²) in [6.45, 7) is 2.85. The topological polar surface area (TPSA) is 71.5 Å². The number of aryl methyl sites for hydroxylation is 1. The molecule has 2 aromatic carbocycles. The van der Waals surface area contributed by atoms with Crippen LogP contribution in [0.1, 0.15) is 5.56 Å². The summed E-state index contributed by atoms with van der Waals surface area (Å²) >= 11 is 0. The van der Waals surface area contributed by atoms with Crippen LogP contribution in [0.25, 0.3) is 0 Å². The van der Waals surface area contributed by atoms with E-state index < -0.39 is 15.8 Å².